The number of aromatic nitrogens is 2. The first-order valence-corrected chi connectivity index (χ1v) is 26.4. The molecule has 10 aromatic rings. The molecule has 0 bridgehead atoms. The molecule has 2 nitrogen and oxygen atoms in total. The zero-order valence-corrected chi connectivity index (χ0v) is 44.5. The van der Waals surface area contributed by atoms with Crippen molar-refractivity contribution < 1.29 is 0 Å². The normalized spacial score (nSPS) is 14.0. The van der Waals surface area contributed by atoms with Gasteiger partial charge in [-0.2, -0.15) is 0 Å². The molecule has 9 aromatic carbocycles. The molecule has 74 heavy (non-hydrogen) atoms. The van der Waals surface area contributed by atoms with E-state index in [9.17, 15) is 0 Å². The zero-order valence-electron chi connectivity index (χ0n) is 44.5. The lowest BCUT2D eigenvalue weighted by Gasteiger charge is -2.24. The van der Waals surface area contributed by atoms with Crippen LogP contribution in [0.15, 0.2) is 206 Å². The van der Waals surface area contributed by atoms with Gasteiger partial charge < -0.3 is 0 Å². The maximum absolute atomic E-state index is 5.43. The summed E-state index contributed by atoms with van der Waals surface area (Å²) in [5, 5.41) is 0. The van der Waals surface area contributed by atoms with Crippen LogP contribution >= 0.6 is 0 Å². The van der Waals surface area contributed by atoms with E-state index < -0.39 is 0 Å². The molecule has 0 radical (unpaired) electrons. The molecule has 2 aliphatic carbocycles. The van der Waals surface area contributed by atoms with E-state index in [1.165, 1.54) is 77.9 Å². The molecule has 1 heterocycles. The fourth-order valence-electron chi connectivity index (χ4n) is 11.7. The summed E-state index contributed by atoms with van der Waals surface area (Å²) in [7, 11) is 0. The maximum atomic E-state index is 5.43. The molecule has 2 heteroatoms. The molecule has 362 valence electrons. The zero-order chi connectivity index (χ0) is 51.3. The Morgan fingerprint density at radius 2 is 0.595 bits per heavy atom. The lowest BCUT2D eigenvalue weighted by Crippen LogP contribution is -2.15. The predicted octanol–water partition coefficient (Wildman–Crippen LogP) is 19.4. The number of hydrogen-bond donors (Lipinski definition) is 0. The topological polar surface area (TPSA) is 25.8 Å². The highest BCUT2D eigenvalue weighted by Crippen LogP contribution is 2.52. The van der Waals surface area contributed by atoms with E-state index in [1.54, 1.807) is 0 Å². The van der Waals surface area contributed by atoms with Crippen LogP contribution in [0.25, 0.3) is 101 Å². The summed E-state index contributed by atoms with van der Waals surface area (Å²) in [5.74, 6) is 0.688. The van der Waals surface area contributed by atoms with Crippen molar-refractivity contribution in [2.45, 2.75) is 90.9 Å². The lowest BCUT2D eigenvalue weighted by molar-refractivity contribution is 0.590. The van der Waals surface area contributed by atoms with Gasteiger partial charge in [-0.25, -0.2) is 9.97 Å². The van der Waals surface area contributed by atoms with Crippen LogP contribution in [0.5, 0.6) is 0 Å². The summed E-state index contributed by atoms with van der Waals surface area (Å²) < 4.78 is 0. The van der Waals surface area contributed by atoms with Gasteiger partial charge in [-0.15, -0.1) is 0 Å². The van der Waals surface area contributed by atoms with E-state index in [1.807, 2.05) is 0 Å². The SMILES string of the molecule is CC(C)(C)c1cc(-c2cc(-c3cc(-c4ccc5c(c4)C(C)(C)c4ccccc4-5)cc(C(C)(C)C)c3)cc(-c3nc(-c4ccccc4)cc(-c4ccccc4)n3)c2)cc(-c2ccc3c(c2)C(C)(C)c2ccccc2-3)c1. The molecule has 0 atom stereocenters. The Balaban J connectivity index is 1.08. The van der Waals surface area contributed by atoms with Crippen molar-refractivity contribution >= 4 is 0 Å². The minimum Gasteiger partial charge on any atom is -0.228 e. The Morgan fingerprint density at radius 1 is 0.270 bits per heavy atom. The summed E-state index contributed by atoms with van der Waals surface area (Å²) in [6.45, 7) is 23.4. The second kappa shape index (κ2) is 17.3. The van der Waals surface area contributed by atoms with Gasteiger partial charge in [-0.3, -0.25) is 0 Å². The number of fused-ring (bicyclic) bond motifs is 6. The van der Waals surface area contributed by atoms with Crippen molar-refractivity contribution in [2.24, 2.45) is 0 Å². The van der Waals surface area contributed by atoms with Crippen molar-refractivity contribution in [2.75, 3.05) is 0 Å². The summed E-state index contributed by atoms with van der Waals surface area (Å²) >= 11 is 0. The van der Waals surface area contributed by atoms with Gasteiger partial charge in [0.2, 0.25) is 0 Å². The Labute approximate surface area is 438 Å². The molecule has 0 fully saturated rings. The average molecular weight is 957 g/mol. The van der Waals surface area contributed by atoms with Crippen molar-refractivity contribution in [1.29, 1.82) is 0 Å². The third-order valence-electron chi connectivity index (χ3n) is 16.2. The van der Waals surface area contributed by atoms with Gasteiger partial charge in [0.05, 0.1) is 11.4 Å². The van der Waals surface area contributed by atoms with Crippen LogP contribution in [0.1, 0.15) is 103 Å². The first-order valence-electron chi connectivity index (χ1n) is 26.4. The Bertz CT molecular complexity index is 3590. The fraction of sp³-hybridized carbons (Fsp3) is 0.194. The van der Waals surface area contributed by atoms with Crippen LogP contribution in [-0.4, -0.2) is 9.97 Å². The highest BCUT2D eigenvalue weighted by molar-refractivity contribution is 5.89. The van der Waals surface area contributed by atoms with Gasteiger partial charge in [0.15, 0.2) is 5.82 Å². The van der Waals surface area contributed by atoms with Crippen LogP contribution < -0.4 is 0 Å². The molecule has 0 saturated heterocycles. The van der Waals surface area contributed by atoms with Gasteiger partial charge in [-0.05, 0) is 160 Å². The Hall–Kier alpha value is -7.94. The lowest BCUT2D eigenvalue weighted by atomic mass is 9.80. The summed E-state index contributed by atoms with van der Waals surface area (Å²) in [5.41, 5.74) is 27.3. The van der Waals surface area contributed by atoms with Gasteiger partial charge >= 0.3 is 0 Å². The summed E-state index contributed by atoms with van der Waals surface area (Å²) in [6.07, 6.45) is 0. The molecular formula is C72H64N2. The van der Waals surface area contributed by atoms with E-state index in [0.29, 0.717) is 5.82 Å². The third-order valence-corrected chi connectivity index (χ3v) is 16.2. The quantitative estimate of drug-likeness (QED) is 0.159. The van der Waals surface area contributed by atoms with Crippen LogP contribution in [-0.2, 0) is 21.7 Å². The number of nitrogens with zero attached hydrogens (tertiary/aromatic N) is 2. The minimum atomic E-state index is -0.114. The predicted molar refractivity (Wildman–Crippen MR) is 313 cm³/mol. The first kappa shape index (κ1) is 47.1. The average Bonchev–Trinajstić information content (AvgIpc) is 3.79. The van der Waals surface area contributed by atoms with Gasteiger partial charge in [0.1, 0.15) is 0 Å². The van der Waals surface area contributed by atoms with Crippen molar-refractivity contribution in [1.82, 2.24) is 9.97 Å². The molecular weight excluding hydrogens is 893 g/mol. The van der Waals surface area contributed by atoms with Crippen LogP contribution in [0.2, 0.25) is 0 Å². The number of hydrogen-bond acceptors (Lipinski definition) is 2. The Kier molecular flexibility index (Phi) is 11.0. The summed E-state index contributed by atoms with van der Waals surface area (Å²) in [4.78, 5) is 10.9. The van der Waals surface area contributed by atoms with E-state index >= 15 is 0 Å². The van der Waals surface area contributed by atoms with Crippen LogP contribution in [0.3, 0.4) is 0 Å². The van der Waals surface area contributed by atoms with Gasteiger partial charge in [0.25, 0.3) is 0 Å². The van der Waals surface area contributed by atoms with Crippen LogP contribution in [0.4, 0.5) is 0 Å². The standard InChI is InChI=1S/C72H64N2/c1-69(2,3)56-38-51(47-29-31-60-58-25-17-19-27-62(58)71(7,8)64(60)42-47)34-53(40-56)49-33-50(37-55(36-49)68-73-66(45-21-13-11-14-22-45)44-67(74-68)46-23-15-12-16-24-46)54-35-52(39-57(41-54)70(4,5)6)48-30-32-61-59-26-18-20-28-63(59)72(9,10)65(61)43-48/h11-44H,1-10H3. The number of rotatable bonds is 7. The van der Waals surface area contributed by atoms with E-state index in [0.717, 1.165) is 50.3 Å². The molecule has 1 aromatic heterocycles. The minimum absolute atomic E-state index is 0.107. The van der Waals surface area contributed by atoms with Crippen molar-refractivity contribution in [3.8, 4) is 101 Å². The van der Waals surface area contributed by atoms with E-state index in [2.05, 4.69) is 275 Å². The third kappa shape index (κ3) is 8.22. The molecule has 0 saturated carbocycles. The van der Waals surface area contributed by atoms with E-state index in [4.69, 9.17) is 9.97 Å². The molecule has 0 N–H and O–H groups in total. The maximum Gasteiger partial charge on any atom is 0.160 e. The Morgan fingerprint density at radius 3 is 0.986 bits per heavy atom. The molecule has 0 unspecified atom stereocenters. The highest BCUT2D eigenvalue weighted by Gasteiger charge is 2.37. The molecule has 0 amide bonds. The van der Waals surface area contributed by atoms with Gasteiger partial charge in [-0.1, -0.05) is 227 Å². The fourth-order valence-corrected chi connectivity index (χ4v) is 11.7. The smallest absolute Gasteiger partial charge is 0.160 e. The van der Waals surface area contributed by atoms with Crippen molar-refractivity contribution in [3.05, 3.63) is 240 Å². The summed E-state index contributed by atoms with van der Waals surface area (Å²) in [6, 6.07) is 76.8. The second-order valence-electron chi connectivity index (χ2n) is 24.0. The van der Waals surface area contributed by atoms with Gasteiger partial charge in [0, 0.05) is 27.5 Å². The molecule has 0 aliphatic heterocycles. The molecule has 12 rings (SSSR count). The number of benzene rings is 9. The second-order valence-corrected chi connectivity index (χ2v) is 24.0. The van der Waals surface area contributed by atoms with Crippen LogP contribution in [0, 0.1) is 0 Å². The highest BCUT2D eigenvalue weighted by atomic mass is 14.9. The van der Waals surface area contributed by atoms with E-state index in [-0.39, 0.29) is 21.7 Å². The first-order chi connectivity index (χ1) is 35.4. The molecule has 2 aliphatic rings. The monoisotopic (exact) mass is 957 g/mol. The van der Waals surface area contributed by atoms with Crippen molar-refractivity contribution in [3.63, 3.8) is 0 Å². The molecule has 0 spiro atoms. The largest absolute Gasteiger partial charge is 0.228 e.